The third-order valence-electron chi connectivity index (χ3n) is 17.4. The highest BCUT2D eigenvalue weighted by molar-refractivity contribution is 9.10. The quantitative estimate of drug-likeness (QED) is 0.115. The number of aromatic nitrogens is 12. The largest absolute Gasteiger partial charge is 0.417 e. The van der Waals surface area contributed by atoms with Gasteiger partial charge in [-0.15, -0.1) is 10.2 Å². The first kappa shape index (κ1) is 61.4. The summed E-state index contributed by atoms with van der Waals surface area (Å²) in [5.41, 5.74) is 6.25. The summed E-state index contributed by atoms with van der Waals surface area (Å²) in [5.74, 6) is 0.465. The number of nitrogens with zero attached hydrogens (tertiary/aromatic N) is 13. The lowest BCUT2D eigenvalue weighted by atomic mass is 9.97. The molecule has 2 unspecified atom stereocenters. The second kappa shape index (κ2) is 23.8. The molecule has 18 nitrogen and oxygen atoms in total. The minimum absolute atomic E-state index is 0.0871. The van der Waals surface area contributed by atoms with Crippen LogP contribution in [0.15, 0.2) is 177 Å². The Morgan fingerprint density at radius 3 is 1.56 bits per heavy atom. The fraction of sp³-hybridized carbons (Fsp3) is 0.206. The van der Waals surface area contributed by atoms with Crippen LogP contribution in [0.1, 0.15) is 102 Å². The van der Waals surface area contributed by atoms with E-state index in [9.17, 15) is 35.9 Å². The Labute approximate surface area is 547 Å². The first-order valence-electron chi connectivity index (χ1n) is 29.8. The van der Waals surface area contributed by atoms with E-state index in [0.717, 1.165) is 39.9 Å². The standard InChI is InChI=1S/C68H52Br2F6N14O4/c1-37-24-51-57(34-84(37)63(91)45-16-22-55(69)53(29-45)67(71,72)73)89-61(47(31-78-89)27-40-8-5-4-6-9-40)88(66(51)94)50-20-14-44(15-21-50)60-77-36-80-86(60)33-42-11-7-10-41(26-42)28-48-32-79-90-58-35-85(64(92)46-17-23-56(70)54(30-46)68(74,75)76)38(2)25-52(58)65(93)87(62(48)90)49-18-12-43(13-19-49)59-81-39(3)82-83-59/h4-23,26,29-32,36-38H,24-25,27-28,33-35H2,1-3H3,(H,81,82,83). The highest BCUT2D eigenvalue weighted by atomic mass is 79.9. The molecular weight excluding hydrogens is 1350 g/mol. The predicted octanol–water partition coefficient (Wildman–Crippen LogP) is 12.6. The zero-order valence-corrected chi connectivity index (χ0v) is 53.3. The summed E-state index contributed by atoms with van der Waals surface area (Å²) in [6.07, 6.45) is -3.68. The third-order valence-corrected chi connectivity index (χ3v) is 18.8. The molecule has 0 saturated heterocycles. The van der Waals surface area contributed by atoms with Gasteiger partial charge in [0.15, 0.2) is 11.6 Å². The van der Waals surface area contributed by atoms with E-state index >= 15 is 9.59 Å². The van der Waals surface area contributed by atoms with E-state index in [1.807, 2.05) is 103 Å². The molecule has 6 aromatic heterocycles. The van der Waals surface area contributed by atoms with Crippen molar-refractivity contribution in [1.29, 1.82) is 0 Å². The molecule has 6 aromatic carbocycles. The number of rotatable bonds is 12. The number of carbonyl (C=O) groups is 2. The van der Waals surface area contributed by atoms with Crippen LogP contribution < -0.4 is 11.1 Å². The van der Waals surface area contributed by atoms with E-state index in [4.69, 9.17) is 10.2 Å². The van der Waals surface area contributed by atoms with Gasteiger partial charge in [0.1, 0.15) is 23.4 Å². The minimum atomic E-state index is -4.72. The van der Waals surface area contributed by atoms with Gasteiger partial charge in [0, 0.05) is 78.4 Å². The summed E-state index contributed by atoms with van der Waals surface area (Å²) >= 11 is 5.95. The zero-order chi connectivity index (χ0) is 65.6. The lowest BCUT2D eigenvalue weighted by molar-refractivity contribution is -0.139. The lowest BCUT2D eigenvalue weighted by Gasteiger charge is -2.35. The van der Waals surface area contributed by atoms with Gasteiger partial charge in [0.05, 0.1) is 65.9 Å². The number of hydrogen-bond donors (Lipinski definition) is 1. The predicted molar refractivity (Wildman–Crippen MR) is 343 cm³/mol. The van der Waals surface area contributed by atoms with Crippen LogP contribution in [0.3, 0.4) is 0 Å². The zero-order valence-electron chi connectivity index (χ0n) is 50.1. The lowest BCUT2D eigenvalue weighted by Crippen LogP contribution is -2.46. The van der Waals surface area contributed by atoms with Crippen molar-refractivity contribution >= 4 is 55.0 Å². The molecule has 26 heteroatoms. The Balaban J connectivity index is 0.772. The molecule has 2 aliphatic heterocycles. The van der Waals surface area contributed by atoms with E-state index in [-0.39, 0.29) is 63.7 Å². The van der Waals surface area contributed by atoms with Crippen LogP contribution >= 0.6 is 31.9 Å². The number of amides is 2. The number of aromatic amines is 1. The van der Waals surface area contributed by atoms with Crippen molar-refractivity contribution in [2.24, 2.45) is 0 Å². The summed E-state index contributed by atoms with van der Waals surface area (Å²) < 4.78 is 92.2. The minimum Gasteiger partial charge on any atom is -0.330 e. The molecule has 0 radical (unpaired) electrons. The Morgan fingerprint density at radius 2 is 1.06 bits per heavy atom. The molecule has 14 rings (SSSR count). The maximum atomic E-state index is 15.1. The summed E-state index contributed by atoms with van der Waals surface area (Å²) in [7, 11) is 0. The second-order valence-corrected chi connectivity index (χ2v) is 25.3. The van der Waals surface area contributed by atoms with E-state index < -0.39 is 47.4 Å². The number of aryl methyl sites for hydroxylation is 1. The summed E-state index contributed by atoms with van der Waals surface area (Å²) in [4.78, 5) is 69.4. The average Bonchev–Trinajstić information content (AvgIpc) is 1.22. The van der Waals surface area contributed by atoms with Crippen LogP contribution in [0, 0.1) is 6.92 Å². The van der Waals surface area contributed by atoms with Crippen molar-refractivity contribution in [3.05, 3.63) is 266 Å². The fourth-order valence-corrected chi connectivity index (χ4v) is 13.7. The van der Waals surface area contributed by atoms with Crippen molar-refractivity contribution in [1.82, 2.24) is 68.1 Å². The molecule has 0 aliphatic carbocycles. The molecule has 1 N–H and O–H groups in total. The van der Waals surface area contributed by atoms with Gasteiger partial charge in [0.25, 0.3) is 22.9 Å². The Hall–Kier alpha value is -10.1. The highest BCUT2D eigenvalue weighted by Gasteiger charge is 2.39. The van der Waals surface area contributed by atoms with Gasteiger partial charge in [-0.05, 0) is 135 Å². The smallest absolute Gasteiger partial charge is 0.330 e. The van der Waals surface area contributed by atoms with Gasteiger partial charge >= 0.3 is 12.4 Å². The van der Waals surface area contributed by atoms with E-state index in [1.54, 1.807) is 56.0 Å². The Bertz CT molecular complexity index is 5130. The fourth-order valence-electron chi connectivity index (χ4n) is 12.8. The van der Waals surface area contributed by atoms with Crippen molar-refractivity contribution in [2.75, 3.05) is 0 Å². The molecule has 474 valence electrons. The number of carbonyl (C=O) groups excluding carboxylic acids is 2. The molecular formula is C68H52Br2F6N14O4. The molecule has 0 saturated carbocycles. The summed E-state index contributed by atoms with van der Waals surface area (Å²) in [6.45, 7) is 5.40. The number of alkyl halides is 6. The molecule has 2 amide bonds. The molecule has 94 heavy (non-hydrogen) atoms. The molecule has 8 heterocycles. The molecule has 2 atom stereocenters. The Morgan fingerprint density at radius 1 is 0.574 bits per heavy atom. The van der Waals surface area contributed by atoms with Gasteiger partial charge in [-0.25, -0.2) is 18.7 Å². The second-order valence-electron chi connectivity index (χ2n) is 23.6. The SMILES string of the molecule is Cc1nnc(-c2ccc(-n3c(=O)c4c(n5ncc(Cc6cccc(Cn7ncnc7-c7ccc(-n8c(=O)c9c(n%10ncc(Cc%11ccccc%11)c8%10)CN(C(=O)c8ccc(Br)c(C(F)(F)F)c8)C(C)C9)cc7)c6)c35)CN(C(=O)c3ccc(Br)c(C(F)(F)F)c3)C(C)C4)cc2)[nH]1. The first-order valence-corrected chi connectivity index (χ1v) is 31.4. The normalized spacial score (nSPS) is 15.1. The van der Waals surface area contributed by atoms with Gasteiger partial charge < -0.3 is 14.8 Å². The van der Waals surface area contributed by atoms with Crippen LogP contribution in [-0.2, 0) is 57.7 Å². The van der Waals surface area contributed by atoms with Crippen LogP contribution in [0.5, 0.6) is 0 Å². The van der Waals surface area contributed by atoms with Gasteiger partial charge in [-0.3, -0.25) is 28.3 Å². The van der Waals surface area contributed by atoms with Gasteiger partial charge in [0.2, 0.25) is 0 Å². The van der Waals surface area contributed by atoms with Crippen molar-refractivity contribution in [3.8, 4) is 34.2 Å². The topological polar surface area (TPSA) is 191 Å². The van der Waals surface area contributed by atoms with E-state index in [0.29, 0.717) is 86.6 Å². The van der Waals surface area contributed by atoms with Crippen LogP contribution in [-0.4, -0.2) is 92.0 Å². The number of H-pyrrole nitrogens is 1. The van der Waals surface area contributed by atoms with Gasteiger partial charge in [-0.1, -0.05) is 86.5 Å². The van der Waals surface area contributed by atoms with E-state index in [2.05, 4.69) is 57.1 Å². The number of hydrogen-bond acceptors (Lipinski definition) is 10. The third kappa shape index (κ3) is 11.2. The summed E-state index contributed by atoms with van der Waals surface area (Å²) in [5, 5.41) is 22.6. The van der Waals surface area contributed by atoms with Crippen molar-refractivity contribution in [2.45, 2.75) is 90.5 Å². The van der Waals surface area contributed by atoms with E-state index in [1.165, 1.54) is 40.4 Å². The summed E-state index contributed by atoms with van der Waals surface area (Å²) in [6, 6.07) is 37.8. The monoisotopic (exact) mass is 1400 g/mol. The molecule has 0 spiro atoms. The number of benzene rings is 6. The van der Waals surface area contributed by atoms with Crippen molar-refractivity contribution in [3.63, 3.8) is 0 Å². The average molecular weight is 1400 g/mol. The number of halogens is 8. The number of fused-ring (bicyclic) bond motifs is 6. The molecule has 0 fully saturated rings. The molecule has 0 bridgehead atoms. The van der Waals surface area contributed by atoms with Crippen LogP contribution in [0.2, 0.25) is 0 Å². The Kier molecular flexibility index (Phi) is 15.6. The molecule has 12 aromatic rings. The van der Waals surface area contributed by atoms with Crippen LogP contribution in [0.4, 0.5) is 26.3 Å². The first-order chi connectivity index (χ1) is 45.1. The maximum Gasteiger partial charge on any atom is 0.417 e. The number of nitrogens with one attached hydrogen (secondary N) is 1. The van der Waals surface area contributed by atoms with Crippen LogP contribution in [0.25, 0.3) is 45.4 Å². The van der Waals surface area contributed by atoms with Crippen molar-refractivity contribution < 1.29 is 35.9 Å². The highest BCUT2D eigenvalue weighted by Crippen LogP contribution is 2.39. The maximum absolute atomic E-state index is 15.1. The molecule has 2 aliphatic rings. The van der Waals surface area contributed by atoms with Gasteiger partial charge in [-0.2, -0.15) is 41.6 Å².